The number of benzene rings is 1. The molecule has 0 bridgehead atoms. The third-order valence-electron chi connectivity index (χ3n) is 4.09. The number of hydrogen-bond acceptors (Lipinski definition) is 4. The van der Waals surface area contributed by atoms with Crippen molar-refractivity contribution in [2.75, 3.05) is 13.1 Å². The van der Waals surface area contributed by atoms with Gasteiger partial charge in [-0.15, -0.1) is 0 Å². The first-order chi connectivity index (χ1) is 11.6. The molecule has 1 aliphatic rings. The van der Waals surface area contributed by atoms with Crippen LogP contribution in [0.4, 0.5) is 4.39 Å². The number of sulfonamides is 1. The minimum absolute atomic E-state index is 0.195. The van der Waals surface area contributed by atoms with Gasteiger partial charge in [-0.1, -0.05) is 13.8 Å². The van der Waals surface area contributed by atoms with Crippen LogP contribution < -0.4 is 4.72 Å². The van der Waals surface area contributed by atoms with Gasteiger partial charge in [-0.3, -0.25) is 9.59 Å². The minimum Gasteiger partial charge on any atom is -0.480 e. The molecule has 1 aromatic carbocycles. The van der Waals surface area contributed by atoms with Crippen molar-refractivity contribution >= 4 is 21.9 Å². The van der Waals surface area contributed by atoms with Crippen LogP contribution in [0.2, 0.25) is 0 Å². The number of hydrogen-bond donors (Lipinski definition) is 2. The molecule has 138 valence electrons. The van der Waals surface area contributed by atoms with Crippen LogP contribution in [0.3, 0.4) is 0 Å². The molecule has 1 amide bonds. The molecular weight excluding hydrogens is 351 g/mol. The number of carboxylic acid groups (broad SMARTS) is 1. The normalized spacial score (nSPS) is 16.2. The van der Waals surface area contributed by atoms with E-state index in [2.05, 4.69) is 4.72 Å². The van der Waals surface area contributed by atoms with Gasteiger partial charge >= 0.3 is 5.97 Å². The number of halogens is 1. The number of aliphatic carboxylic acids is 1. The van der Waals surface area contributed by atoms with Crippen molar-refractivity contribution in [2.24, 2.45) is 5.92 Å². The third kappa shape index (κ3) is 4.35. The second kappa shape index (κ2) is 7.49. The van der Waals surface area contributed by atoms with E-state index in [4.69, 9.17) is 5.11 Å². The van der Waals surface area contributed by atoms with Crippen LogP contribution >= 0.6 is 0 Å². The smallest absolute Gasteiger partial charge is 0.322 e. The van der Waals surface area contributed by atoms with Crippen LogP contribution in [0.25, 0.3) is 0 Å². The molecule has 0 radical (unpaired) electrons. The summed E-state index contributed by atoms with van der Waals surface area (Å²) < 4.78 is 40.9. The Balaban J connectivity index is 2.26. The van der Waals surface area contributed by atoms with Crippen molar-refractivity contribution in [1.82, 2.24) is 9.62 Å². The van der Waals surface area contributed by atoms with E-state index < -0.39 is 44.6 Å². The summed E-state index contributed by atoms with van der Waals surface area (Å²) in [6.45, 7) is 4.21. The molecule has 1 heterocycles. The van der Waals surface area contributed by atoms with E-state index >= 15 is 0 Å². The van der Waals surface area contributed by atoms with Crippen molar-refractivity contribution < 1.29 is 27.5 Å². The van der Waals surface area contributed by atoms with Gasteiger partial charge in [0.15, 0.2) is 0 Å². The summed E-state index contributed by atoms with van der Waals surface area (Å²) in [4.78, 5) is 24.5. The van der Waals surface area contributed by atoms with Crippen molar-refractivity contribution in [1.29, 1.82) is 0 Å². The van der Waals surface area contributed by atoms with Crippen LogP contribution in [0.15, 0.2) is 23.1 Å². The number of carbonyl (C=O) groups excluding carboxylic acids is 1. The molecule has 1 aliphatic heterocycles. The second-order valence-electron chi connectivity index (χ2n) is 6.32. The second-order valence-corrected chi connectivity index (χ2v) is 8.04. The molecule has 0 spiro atoms. The summed E-state index contributed by atoms with van der Waals surface area (Å²) in [5.74, 6) is -3.23. The molecule has 1 aromatic rings. The molecular formula is C16H21FN2O5S. The highest BCUT2D eigenvalue weighted by atomic mass is 32.2. The zero-order valence-electron chi connectivity index (χ0n) is 14.0. The largest absolute Gasteiger partial charge is 0.480 e. The van der Waals surface area contributed by atoms with E-state index in [1.165, 1.54) is 4.90 Å². The lowest BCUT2D eigenvalue weighted by Gasteiger charge is -2.19. The number of nitrogens with zero attached hydrogens (tertiary/aromatic N) is 1. The van der Waals surface area contributed by atoms with Gasteiger partial charge in [0, 0.05) is 13.1 Å². The van der Waals surface area contributed by atoms with Crippen molar-refractivity contribution in [3.8, 4) is 0 Å². The molecule has 2 rings (SSSR count). The van der Waals surface area contributed by atoms with Gasteiger partial charge in [0.25, 0.3) is 5.91 Å². The first-order valence-electron chi connectivity index (χ1n) is 7.97. The lowest BCUT2D eigenvalue weighted by Crippen LogP contribution is -2.44. The number of nitrogens with one attached hydrogen (secondary N) is 1. The molecule has 0 saturated carbocycles. The predicted octanol–water partition coefficient (Wildman–Crippen LogP) is 1.45. The first kappa shape index (κ1) is 19.3. The fourth-order valence-electron chi connectivity index (χ4n) is 2.63. The molecule has 1 atom stereocenters. The number of carbonyl (C=O) groups is 2. The molecule has 0 unspecified atom stereocenters. The molecule has 1 saturated heterocycles. The maximum absolute atomic E-state index is 14.3. The molecule has 2 N–H and O–H groups in total. The highest BCUT2D eigenvalue weighted by Crippen LogP contribution is 2.20. The molecule has 9 heteroatoms. The molecule has 1 fully saturated rings. The van der Waals surface area contributed by atoms with Crippen LogP contribution in [0.5, 0.6) is 0 Å². The predicted molar refractivity (Wildman–Crippen MR) is 88.1 cm³/mol. The van der Waals surface area contributed by atoms with Crippen molar-refractivity contribution in [3.63, 3.8) is 0 Å². The summed E-state index contributed by atoms with van der Waals surface area (Å²) in [5.41, 5.74) is -0.195. The van der Waals surface area contributed by atoms with Crippen LogP contribution in [-0.4, -0.2) is 49.4 Å². The molecule has 0 aromatic heterocycles. The zero-order valence-corrected chi connectivity index (χ0v) is 14.8. The fraction of sp³-hybridized carbons (Fsp3) is 0.500. The summed E-state index contributed by atoms with van der Waals surface area (Å²) in [6, 6.07) is 1.63. The van der Waals surface area contributed by atoms with E-state index in [0.29, 0.717) is 13.1 Å². The van der Waals surface area contributed by atoms with Crippen molar-refractivity contribution in [2.45, 2.75) is 37.6 Å². The van der Waals surface area contributed by atoms with E-state index in [9.17, 15) is 22.4 Å². The van der Waals surface area contributed by atoms with Gasteiger partial charge in [-0.05, 0) is 37.0 Å². The van der Waals surface area contributed by atoms with Gasteiger partial charge in [0.1, 0.15) is 11.9 Å². The summed E-state index contributed by atoms with van der Waals surface area (Å²) in [7, 11) is -4.23. The minimum atomic E-state index is -4.23. The Kier molecular flexibility index (Phi) is 5.79. The monoisotopic (exact) mass is 372 g/mol. The number of rotatable bonds is 6. The Morgan fingerprint density at radius 3 is 2.32 bits per heavy atom. The highest BCUT2D eigenvalue weighted by Gasteiger charge is 2.29. The lowest BCUT2D eigenvalue weighted by atomic mass is 10.1. The van der Waals surface area contributed by atoms with Crippen molar-refractivity contribution in [3.05, 3.63) is 29.6 Å². The van der Waals surface area contributed by atoms with E-state index in [1.807, 2.05) is 0 Å². The Morgan fingerprint density at radius 1 is 1.24 bits per heavy atom. The standard InChI is InChI=1S/C16H21FN2O5S/c1-10(2)14(16(21)22)18-25(23,24)11-5-6-12(13(17)9-11)15(20)19-7-3-4-8-19/h5-6,9-10,14,18H,3-4,7-8H2,1-2H3,(H,21,22)/t14-/m0/s1. The highest BCUT2D eigenvalue weighted by molar-refractivity contribution is 7.89. The Morgan fingerprint density at radius 2 is 1.84 bits per heavy atom. The molecule has 25 heavy (non-hydrogen) atoms. The number of likely N-dealkylation sites (tertiary alicyclic amines) is 1. The first-order valence-corrected chi connectivity index (χ1v) is 9.46. The van der Waals surface area contributed by atoms with Gasteiger partial charge in [-0.2, -0.15) is 4.72 Å². The lowest BCUT2D eigenvalue weighted by molar-refractivity contribution is -0.140. The maximum Gasteiger partial charge on any atom is 0.322 e. The third-order valence-corrected chi connectivity index (χ3v) is 5.53. The average Bonchev–Trinajstić information content (AvgIpc) is 3.05. The van der Waals surface area contributed by atoms with Crippen LogP contribution in [0, 0.1) is 11.7 Å². The Labute approximate surface area is 145 Å². The quantitative estimate of drug-likeness (QED) is 0.787. The number of carboxylic acids is 1. The Hall–Kier alpha value is -2.00. The van der Waals surface area contributed by atoms with E-state index in [-0.39, 0.29) is 5.56 Å². The zero-order chi connectivity index (χ0) is 18.8. The van der Waals surface area contributed by atoms with Crippen LogP contribution in [-0.2, 0) is 14.8 Å². The Bertz CT molecular complexity index is 773. The van der Waals surface area contributed by atoms with Gasteiger partial charge in [0.05, 0.1) is 10.5 Å². The summed E-state index contributed by atoms with van der Waals surface area (Å²) in [6.07, 6.45) is 1.71. The maximum atomic E-state index is 14.3. The van der Waals surface area contributed by atoms with E-state index in [0.717, 1.165) is 31.0 Å². The van der Waals surface area contributed by atoms with E-state index in [1.54, 1.807) is 13.8 Å². The average molecular weight is 372 g/mol. The number of amides is 1. The summed E-state index contributed by atoms with van der Waals surface area (Å²) in [5, 5.41) is 9.10. The summed E-state index contributed by atoms with van der Waals surface area (Å²) >= 11 is 0. The van der Waals surface area contributed by atoms with Gasteiger partial charge in [-0.25, -0.2) is 12.8 Å². The topological polar surface area (TPSA) is 104 Å². The fourth-order valence-corrected chi connectivity index (χ4v) is 3.98. The molecule has 0 aliphatic carbocycles. The van der Waals surface area contributed by atoms with Gasteiger partial charge < -0.3 is 10.0 Å². The molecule has 7 nitrogen and oxygen atoms in total. The van der Waals surface area contributed by atoms with Gasteiger partial charge in [0.2, 0.25) is 10.0 Å². The van der Waals surface area contributed by atoms with Crippen LogP contribution in [0.1, 0.15) is 37.0 Å². The SMILES string of the molecule is CC(C)[C@H](NS(=O)(=O)c1ccc(C(=O)N2CCCC2)c(F)c1)C(=O)O.